The van der Waals surface area contributed by atoms with Crippen molar-refractivity contribution in [2.24, 2.45) is 4.99 Å². The van der Waals surface area contributed by atoms with Gasteiger partial charge >= 0.3 is 0 Å². The molecule has 1 aromatic heterocycles. The topological polar surface area (TPSA) is 66.4 Å². The zero-order valence-corrected chi connectivity index (χ0v) is 12.6. The number of allylic oxidation sites excluding steroid dienone is 1. The van der Waals surface area contributed by atoms with Gasteiger partial charge in [0.2, 0.25) is 5.78 Å². The average Bonchev–Trinajstić information content (AvgIpc) is 2.35. The minimum Gasteiger partial charge on any atom is -0.369 e. The van der Waals surface area contributed by atoms with Crippen molar-refractivity contribution in [1.82, 2.24) is 15.6 Å². The number of hydrogen-bond acceptors (Lipinski definition) is 5. The molecule has 6 heteroatoms. The maximum absolute atomic E-state index is 12.0. The Bertz CT molecular complexity index is 590. The number of pyridine rings is 1. The summed E-state index contributed by atoms with van der Waals surface area (Å²) in [5, 5.41) is 6.24. The quantitative estimate of drug-likeness (QED) is 0.807. The molecule has 2 N–H and O–H groups in total. The SMILES string of the molecule is CC1NC(Br)=CC(=Nc2ccc(C3CNC3)cn2)C1=O. The molecule has 0 saturated carbocycles. The first kappa shape index (κ1) is 13.5. The molecule has 0 radical (unpaired) electrons. The van der Waals surface area contributed by atoms with Crippen LogP contribution in [0.4, 0.5) is 5.82 Å². The van der Waals surface area contributed by atoms with Crippen LogP contribution in [-0.2, 0) is 4.79 Å². The summed E-state index contributed by atoms with van der Waals surface area (Å²) < 4.78 is 0.764. The van der Waals surface area contributed by atoms with E-state index in [2.05, 4.69) is 36.5 Å². The van der Waals surface area contributed by atoms with Gasteiger partial charge in [-0.05, 0) is 40.6 Å². The third kappa shape index (κ3) is 2.66. The summed E-state index contributed by atoms with van der Waals surface area (Å²) in [4.78, 5) is 20.7. The zero-order chi connectivity index (χ0) is 14.1. The number of rotatable bonds is 2. The van der Waals surface area contributed by atoms with Gasteiger partial charge in [-0.3, -0.25) is 4.79 Å². The van der Waals surface area contributed by atoms with Crippen molar-refractivity contribution in [3.05, 3.63) is 34.6 Å². The van der Waals surface area contributed by atoms with E-state index in [4.69, 9.17) is 0 Å². The molecule has 5 nitrogen and oxygen atoms in total. The molecule has 1 aromatic rings. The Labute approximate surface area is 125 Å². The number of nitrogens with one attached hydrogen (secondary N) is 2. The Morgan fingerprint density at radius 3 is 2.80 bits per heavy atom. The third-order valence-corrected chi connectivity index (χ3v) is 3.98. The van der Waals surface area contributed by atoms with Crippen LogP contribution >= 0.6 is 15.9 Å². The molecule has 104 valence electrons. The van der Waals surface area contributed by atoms with E-state index >= 15 is 0 Å². The minimum absolute atomic E-state index is 0.0257. The number of hydrogen-bond donors (Lipinski definition) is 2. The van der Waals surface area contributed by atoms with Crippen LogP contribution < -0.4 is 10.6 Å². The highest BCUT2D eigenvalue weighted by Crippen LogP contribution is 2.21. The lowest BCUT2D eigenvalue weighted by Crippen LogP contribution is -2.40. The summed E-state index contributed by atoms with van der Waals surface area (Å²) >= 11 is 3.35. The molecule has 3 heterocycles. The highest BCUT2D eigenvalue weighted by atomic mass is 79.9. The molecule has 1 saturated heterocycles. The second kappa shape index (κ2) is 5.46. The van der Waals surface area contributed by atoms with E-state index in [0.717, 1.165) is 17.7 Å². The maximum atomic E-state index is 12.0. The number of ketones is 1. The van der Waals surface area contributed by atoms with Crippen molar-refractivity contribution in [3.8, 4) is 0 Å². The lowest BCUT2D eigenvalue weighted by Gasteiger charge is -2.27. The van der Waals surface area contributed by atoms with Gasteiger partial charge in [-0.25, -0.2) is 9.98 Å². The van der Waals surface area contributed by atoms with Gasteiger partial charge in [0.05, 0.1) is 10.6 Å². The van der Waals surface area contributed by atoms with Crippen molar-refractivity contribution in [1.29, 1.82) is 0 Å². The lowest BCUT2D eigenvalue weighted by molar-refractivity contribution is -0.114. The first-order valence-electron chi connectivity index (χ1n) is 6.57. The predicted octanol–water partition coefficient (Wildman–Crippen LogP) is 1.64. The van der Waals surface area contributed by atoms with Gasteiger partial charge in [0, 0.05) is 25.2 Å². The standard InChI is InChI=1S/C14H15BrN4O/c1-8-14(20)11(4-12(15)18-8)19-13-3-2-9(7-17-13)10-5-16-6-10/h2-4,7-8,10,16,18H,5-6H2,1H3. The van der Waals surface area contributed by atoms with Gasteiger partial charge in [-0.2, -0.15) is 0 Å². The first-order chi connectivity index (χ1) is 9.63. The highest BCUT2D eigenvalue weighted by molar-refractivity contribution is 9.11. The number of carbonyl (C=O) groups is 1. The number of Topliss-reactive ketones (excluding diaryl/α,β-unsaturated/α-hetero) is 1. The highest BCUT2D eigenvalue weighted by Gasteiger charge is 2.23. The largest absolute Gasteiger partial charge is 0.369 e. The van der Waals surface area contributed by atoms with Crippen LogP contribution in [0.1, 0.15) is 18.4 Å². The lowest BCUT2D eigenvalue weighted by atomic mass is 9.95. The van der Waals surface area contributed by atoms with Crippen LogP contribution in [0.25, 0.3) is 0 Å². The Morgan fingerprint density at radius 2 is 2.20 bits per heavy atom. The molecule has 0 aromatic carbocycles. The van der Waals surface area contributed by atoms with Crippen LogP contribution in [0.5, 0.6) is 0 Å². The summed E-state index contributed by atoms with van der Waals surface area (Å²) in [5.41, 5.74) is 1.64. The Balaban J connectivity index is 1.83. The second-order valence-electron chi connectivity index (χ2n) is 5.02. The second-order valence-corrected chi connectivity index (χ2v) is 5.88. The van der Waals surface area contributed by atoms with Gasteiger partial charge in [0.1, 0.15) is 5.71 Å². The van der Waals surface area contributed by atoms with E-state index in [1.807, 2.05) is 25.3 Å². The molecular weight excluding hydrogens is 320 g/mol. The van der Waals surface area contributed by atoms with E-state index < -0.39 is 0 Å². The van der Waals surface area contributed by atoms with Crippen molar-refractivity contribution in [2.45, 2.75) is 18.9 Å². The average molecular weight is 335 g/mol. The summed E-state index contributed by atoms with van der Waals surface area (Å²) in [5.74, 6) is 1.09. The van der Waals surface area contributed by atoms with Crippen LogP contribution in [0.3, 0.4) is 0 Å². The molecule has 1 unspecified atom stereocenters. The third-order valence-electron chi connectivity index (χ3n) is 3.52. The summed E-state index contributed by atoms with van der Waals surface area (Å²) in [6, 6.07) is 3.63. The summed E-state index contributed by atoms with van der Waals surface area (Å²) in [7, 11) is 0. The molecule has 3 rings (SSSR count). The van der Waals surface area contributed by atoms with E-state index in [-0.39, 0.29) is 11.8 Å². The van der Waals surface area contributed by atoms with Crippen LogP contribution in [0, 0.1) is 0 Å². The smallest absolute Gasteiger partial charge is 0.203 e. The van der Waals surface area contributed by atoms with Gasteiger partial charge in [-0.15, -0.1) is 0 Å². The summed E-state index contributed by atoms with van der Waals surface area (Å²) in [6.45, 7) is 3.83. The normalized spacial score (nSPS) is 25.1. The number of aliphatic imine (C=N–C) groups is 1. The van der Waals surface area contributed by atoms with Gasteiger partial charge in [0.25, 0.3) is 0 Å². The number of halogens is 1. The Morgan fingerprint density at radius 1 is 1.40 bits per heavy atom. The van der Waals surface area contributed by atoms with E-state index in [9.17, 15) is 4.79 Å². The molecule has 2 aliphatic heterocycles. The molecule has 20 heavy (non-hydrogen) atoms. The molecule has 0 spiro atoms. The number of nitrogens with zero attached hydrogens (tertiary/aromatic N) is 2. The molecule has 0 amide bonds. The Kier molecular flexibility index (Phi) is 3.67. The van der Waals surface area contributed by atoms with Crippen molar-refractivity contribution >= 4 is 33.2 Å². The van der Waals surface area contributed by atoms with Crippen molar-refractivity contribution < 1.29 is 4.79 Å². The fraction of sp³-hybridized carbons (Fsp3) is 0.357. The first-order valence-corrected chi connectivity index (χ1v) is 7.36. The Hall–Kier alpha value is -1.53. The maximum Gasteiger partial charge on any atom is 0.203 e. The fourth-order valence-electron chi connectivity index (χ4n) is 2.17. The minimum atomic E-state index is -0.270. The molecular formula is C14H15BrN4O. The predicted molar refractivity (Wildman–Crippen MR) is 81.6 cm³/mol. The molecule has 0 aliphatic carbocycles. The van der Waals surface area contributed by atoms with Crippen molar-refractivity contribution in [3.63, 3.8) is 0 Å². The van der Waals surface area contributed by atoms with E-state index in [1.165, 1.54) is 5.56 Å². The zero-order valence-electron chi connectivity index (χ0n) is 11.1. The fourth-order valence-corrected chi connectivity index (χ4v) is 2.73. The van der Waals surface area contributed by atoms with Crippen LogP contribution in [0.15, 0.2) is 34.0 Å². The van der Waals surface area contributed by atoms with Gasteiger partial charge in [-0.1, -0.05) is 6.07 Å². The molecule has 1 atom stereocenters. The van der Waals surface area contributed by atoms with Crippen LogP contribution in [0.2, 0.25) is 0 Å². The van der Waals surface area contributed by atoms with E-state index in [1.54, 1.807) is 6.08 Å². The number of carbonyl (C=O) groups excluding carboxylic acids is 1. The van der Waals surface area contributed by atoms with Crippen molar-refractivity contribution in [2.75, 3.05) is 13.1 Å². The van der Waals surface area contributed by atoms with Crippen LogP contribution in [-0.4, -0.2) is 35.6 Å². The summed E-state index contributed by atoms with van der Waals surface area (Å²) in [6.07, 6.45) is 3.53. The molecule has 1 fully saturated rings. The molecule has 2 aliphatic rings. The van der Waals surface area contributed by atoms with Gasteiger partial charge in [0.15, 0.2) is 5.82 Å². The van der Waals surface area contributed by atoms with Gasteiger partial charge < -0.3 is 10.6 Å². The van der Waals surface area contributed by atoms with E-state index in [0.29, 0.717) is 17.4 Å². The number of aromatic nitrogens is 1. The molecule has 0 bridgehead atoms. The monoisotopic (exact) mass is 334 g/mol.